The first-order valence-electron chi connectivity index (χ1n) is 5.98. The smallest absolute Gasteiger partial charge is 0.261 e. The van der Waals surface area contributed by atoms with Gasteiger partial charge in [-0.25, -0.2) is 0 Å². The molecule has 1 amide bonds. The molecule has 1 fully saturated rings. The summed E-state index contributed by atoms with van der Waals surface area (Å²) in [5.74, 6) is 0.0554. The summed E-state index contributed by atoms with van der Waals surface area (Å²) in [5, 5.41) is 5.00. The van der Waals surface area contributed by atoms with Gasteiger partial charge in [0.1, 0.15) is 0 Å². The molecule has 0 radical (unpaired) electrons. The van der Waals surface area contributed by atoms with Crippen LogP contribution in [-0.4, -0.2) is 26.2 Å². The van der Waals surface area contributed by atoms with Crippen LogP contribution in [-0.2, 0) is 4.74 Å². The third-order valence-corrected chi connectivity index (χ3v) is 4.57. The van der Waals surface area contributed by atoms with Crippen LogP contribution < -0.4 is 5.32 Å². The summed E-state index contributed by atoms with van der Waals surface area (Å²) in [5.41, 5.74) is 1.25. The van der Waals surface area contributed by atoms with Crippen LogP contribution in [0.3, 0.4) is 0 Å². The van der Waals surface area contributed by atoms with Crippen LogP contribution in [0.5, 0.6) is 0 Å². The molecule has 94 valence electrons. The molecule has 0 aromatic carbocycles. The van der Waals surface area contributed by atoms with Crippen molar-refractivity contribution in [2.45, 2.75) is 26.2 Å². The second-order valence-electron chi connectivity index (χ2n) is 4.90. The minimum Gasteiger partial charge on any atom is -0.384 e. The van der Waals surface area contributed by atoms with E-state index in [-0.39, 0.29) is 11.3 Å². The number of amides is 1. The van der Waals surface area contributed by atoms with Crippen molar-refractivity contribution in [1.82, 2.24) is 5.32 Å². The van der Waals surface area contributed by atoms with Crippen molar-refractivity contribution < 1.29 is 9.53 Å². The van der Waals surface area contributed by atoms with Crippen molar-refractivity contribution in [3.8, 4) is 0 Å². The second kappa shape index (κ2) is 5.19. The molecule has 3 nitrogen and oxygen atoms in total. The summed E-state index contributed by atoms with van der Waals surface area (Å²) in [6.07, 6.45) is 3.56. The average molecular weight is 253 g/mol. The van der Waals surface area contributed by atoms with E-state index in [1.54, 1.807) is 7.11 Å². The Labute approximate surface area is 106 Å². The van der Waals surface area contributed by atoms with Gasteiger partial charge in [-0.2, -0.15) is 0 Å². The molecular weight excluding hydrogens is 234 g/mol. The summed E-state index contributed by atoms with van der Waals surface area (Å²) >= 11 is 1.50. The van der Waals surface area contributed by atoms with E-state index in [1.165, 1.54) is 17.8 Å². The summed E-state index contributed by atoms with van der Waals surface area (Å²) < 4.78 is 5.25. The highest BCUT2D eigenvalue weighted by Gasteiger charge is 2.37. The molecular formula is C13H19NO2S. The number of nitrogens with one attached hydrogen (secondary N) is 1. The quantitative estimate of drug-likeness (QED) is 0.876. The van der Waals surface area contributed by atoms with Gasteiger partial charge in [0.05, 0.1) is 11.5 Å². The van der Waals surface area contributed by atoms with Crippen molar-refractivity contribution in [3.63, 3.8) is 0 Å². The zero-order valence-electron chi connectivity index (χ0n) is 10.4. The standard InChI is InChI=1S/C13H19NO2S/c1-10-4-7-17-11(10)12(15)14-8-13(9-16-2)5-3-6-13/h4,7H,3,5-6,8-9H2,1-2H3,(H,14,15). The van der Waals surface area contributed by atoms with Crippen molar-refractivity contribution in [1.29, 1.82) is 0 Å². The van der Waals surface area contributed by atoms with E-state index in [9.17, 15) is 4.79 Å². The molecule has 0 spiro atoms. The van der Waals surface area contributed by atoms with Gasteiger partial charge in [0.15, 0.2) is 0 Å². The number of carbonyl (C=O) groups is 1. The maximum Gasteiger partial charge on any atom is 0.261 e. The van der Waals surface area contributed by atoms with Crippen LogP contribution in [0.15, 0.2) is 11.4 Å². The summed E-state index contributed by atoms with van der Waals surface area (Å²) in [6, 6.07) is 1.98. The number of hydrogen-bond donors (Lipinski definition) is 1. The lowest BCUT2D eigenvalue weighted by molar-refractivity contribution is 0.0180. The Morgan fingerprint density at radius 2 is 2.35 bits per heavy atom. The van der Waals surface area contributed by atoms with Gasteiger partial charge in [-0.05, 0) is 36.8 Å². The van der Waals surface area contributed by atoms with E-state index in [0.29, 0.717) is 0 Å². The second-order valence-corrected chi connectivity index (χ2v) is 5.82. The van der Waals surface area contributed by atoms with E-state index in [1.807, 2.05) is 18.4 Å². The minimum atomic E-state index is 0.0554. The molecule has 17 heavy (non-hydrogen) atoms. The Kier molecular flexibility index (Phi) is 3.84. The molecule has 0 unspecified atom stereocenters. The summed E-state index contributed by atoms with van der Waals surface area (Å²) in [4.78, 5) is 12.8. The highest BCUT2D eigenvalue weighted by molar-refractivity contribution is 7.12. The van der Waals surface area contributed by atoms with Crippen LogP contribution in [0.25, 0.3) is 0 Å². The third kappa shape index (κ3) is 2.69. The molecule has 1 saturated carbocycles. The molecule has 1 aliphatic rings. The summed E-state index contributed by atoms with van der Waals surface area (Å²) in [7, 11) is 1.73. The highest BCUT2D eigenvalue weighted by atomic mass is 32.1. The Morgan fingerprint density at radius 3 is 2.82 bits per heavy atom. The minimum absolute atomic E-state index is 0.0554. The normalized spacial score (nSPS) is 17.5. The zero-order chi connectivity index (χ0) is 12.3. The van der Waals surface area contributed by atoms with E-state index >= 15 is 0 Å². The molecule has 1 N–H and O–H groups in total. The lowest BCUT2D eigenvalue weighted by atomic mass is 9.69. The molecule has 0 bridgehead atoms. The fourth-order valence-corrected chi connectivity index (χ4v) is 3.15. The van der Waals surface area contributed by atoms with E-state index in [2.05, 4.69) is 5.32 Å². The molecule has 0 saturated heterocycles. The number of aryl methyl sites for hydroxylation is 1. The number of carbonyl (C=O) groups excluding carboxylic acids is 1. The van der Waals surface area contributed by atoms with Crippen LogP contribution in [0.2, 0.25) is 0 Å². The van der Waals surface area contributed by atoms with Gasteiger partial charge in [-0.3, -0.25) is 4.79 Å². The maximum atomic E-state index is 12.0. The number of rotatable bonds is 5. The molecule has 1 heterocycles. The largest absolute Gasteiger partial charge is 0.384 e. The monoisotopic (exact) mass is 253 g/mol. The first-order valence-corrected chi connectivity index (χ1v) is 6.86. The van der Waals surface area contributed by atoms with Gasteiger partial charge < -0.3 is 10.1 Å². The van der Waals surface area contributed by atoms with Crippen LogP contribution in [0.1, 0.15) is 34.5 Å². The first-order chi connectivity index (χ1) is 8.17. The lowest BCUT2D eigenvalue weighted by Crippen LogP contribution is -2.45. The zero-order valence-corrected chi connectivity index (χ0v) is 11.2. The predicted octanol–water partition coefficient (Wildman–Crippen LogP) is 2.60. The lowest BCUT2D eigenvalue weighted by Gasteiger charge is -2.41. The highest BCUT2D eigenvalue weighted by Crippen LogP contribution is 2.40. The Hall–Kier alpha value is -0.870. The molecule has 0 aliphatic heterocycles. The van der Waals surface area contributed by atoms with Gasteiger partial charge >= 0.3 is 0 Å². The molecule has 1 aliphatic carbocycles. The molecule has 1 aromatic rings. The predicted molar refractivity (Wildman–Crippen MR) is 69.5 cm³/mol. The van der Waals surface area contributed by atoms with Crippen molar-refractivity contribution in [3.05, 3.63) is 21.9 Å². The van der Waals surface area contributed by atoms with Gasteiger partial charge in [0.25, 0.3) is 5.91 Å². The van der Waals surface area contributed by atoms with E-state index in [4.69, 9.17) is 4.74 Å². The SMILES string of the molecule is COCC1(CNC(=O)c2sccc2C)CCC1. The van der Waals surface area contributed by atoms with Gasteiger partial charge in [0, 0.05) is 19.1 Å². The Bertz CT molecular complexity index is 396. The fraction of sp³-hybridized carbons (Fsp3) is 0.615. The Morgan fingerprint density at radius 1 is 1.59 bits per heavy atom. The molecule has 2 rings (SSSR count). The van der Waals surface area contributed by atoms with Gasteiger partial charge in [-0.15, -0.1) is 11.3 Å². The Balaban J connectivity index is 1.90. The fourth-order valence-electron chi connectivity index (χ4n) is 2.31. The van der Waals surface area contributed by atoms with Crippen molar-refractivity contribution in [2.24, 2.45) is 5.41 Å². The first kappa shape index (κ1) is 12.6. The van der Waals surface area contributed by atoms with E-state index in [0.717, 1.165) is 36.4 Å². The molecule has 0 atom stereocenters. The maximum absolute atomic E-state index is 12.0. The topological polar surface area (TPSA) is 38.3 Å². The number of hydrogen-bond acceptors (Lipinski definition) is 3. The van der Waals surface area contributed by atoms with E-state index < -0.39 is 0 Å². The molecule has 4 heteroatoms. The number of ether oxygens (including phenoxy) is 1. The van der Waals surface area contributed by atoms with Crippen LogP contribution >= 0.6 is 11.3 Å². The van der Waals surface area contributed by atoms with Gasteiger partial charge in [-0.1, -0.05) is 6.42 Å². The van der Waals surface area contributed by atoms with Gasteiger partial charge in [0.2, 0.25) is 0 Å². The number of thiophene rings is 1. The number of methoxy groups -OCH3 is 1. The summed E-state index contributed by atoms with van der Waals surface area (Å²) in [6.45, 7) is 3.45. The van der Waals surface area contributed by atoms with Crippen molar-refractivity contribution >= 4 is 17.2 Å². The van der Waals surface area contributed by atoms with Crippen molar-refractivity contribution in [2.75, 3.05) is 20.3 Å². The third-order valence-electron chi connectivity index (χ3n) is 3.56. The molecule has 1 aromatic heterocycles. The van der Waals surface area contributed by atoms with Crippen LogP contribution in [0.4, 0.5) is 0 Å². The average Bonchev–Trinajstić information content (AvgIpc) is 2.68. The van der Waals surface area contributed by atoms with Crippen LogP contribution in [0, 0.1) is 12.3 Å².